The minimum atomic E-state index is -4.67. The molecule has 0 aliphatic heterocycles. The highest BCUT2D eigenvalue weighted by Gasteiger charge is 2.22. The standard InChI is InChI=1S/C86H136NO8P/c1-6-8-10-12-14-16-18-20-22-24-26-28-30-32-34-36-38-40-42-43-45-47-49-51-53-55-57-59-61-63-65-67-69-71-73-75-77-79-86(89)95-84(83-94-96(90,91)93-81-80-87(3,4)5)82-92-85(88)78-76-74-72-70-68-66-64-62-60-58-56-54-52-50-48-46-44-41-39-37-35-33-31-29-27-25-23-21-19-17-15-13-11-9-7-2/h8-11,14-17,20-23,26-29,32-35,38-41,43,45-46,48-49,51-52,54-55,57,61,63,84H,6-7,12-13,18-19,24-25,30-31,36-37,42,44,47,50,53,56,58-60,62,64-83H2,1-5H3/b10-8-,11-9-,16-14-,17-15-,22-20-,23-21-,28-26-,29-27-,34-32-,35-33-,40-38-,41-39-,45-43-,48-46-,51-49-,54-52-,57-55-,63-61-. The molecule has 10 heteroatoms. The summed E-state index contributed by atoms with van der Waals surface area (Å²) in [5, 5.41) is 0. The maximum atomic E-state index is 12.9. The first-order chi connectivity index (χ1) is 47.0. The van der Waals surface area contributed by atoms with E-state index in [4.69, 9.17) is 18.5 Å². The van der Waals surface area contributed by atoms with Crippen molar-refractivity contribution in [1.82, 2.24) is 0 Å². The Bertz CT molecular complexity index is 2430. The fourth-order valence-electron chi connectivity index (χ4n) is 9.35. The second-order valence-corrected chi connectivity index (χ2v) is 26.6. The molecule has 0 N–H and O–H groups in total. The number of hydrogen-bond donors (Lipinski definition) is 0. The van der Waals surface area contributed by atoms with Crippen molar-refractivity contribution in [2.24, 2.45) is 0 Å². The Kier molecular flexibility index (Phi) is 69.2. The van der Waals surface area contributed by atoms with E-state index >= 15 is 0 Å². The lowest BCUT2D eigenvalue weighted by Gasteiger charge is -2.28. The van der Waals surface area contributed by atoms with Crippen molar-refractivity contribution >= 4 is 19.8 Å². The minimum Gasteiger partial charge on any atom is -0.756 e. The highest BCUT2D eigenvalue weighted by Crippen LogP contribution is 2.38. The van der Waals surface area contributed by atoms with E-state index in [1.54, 1.807) is 0 Å². The summed E-state index contributed by atoms with van der Waals surface area (Å²) < 4.78 is 34.3. The summed E-state index contributed by atoms with van der Waals surface area (Å²) in [4.78, 5) is 38.1. The number of hydrogen-bond acceptors (Lipinski definition) is 8. The van der Waals surface area contributed by atoms with E-state index < -0.39 is 32.5 Å². The molecule has 0 aliphatic carbocycles. The van der Waals surface area contributed by atoms with Crippen LogP contribution < -0.4 is 4.89 Å². The van der Waals surface area contributed by atoms with Gasteiger partial charge in [-0.25, -0.2) is 0 Å². The van der Waals surface area contributed by atoms with E-state index in [0.717, 1.165) is 180 Å². The SMILES string of the molecule is CC/C=C\C/C=C\C/C=C\C/C=C\C/C=C\C/C=C\C/C=C\C/C=C\C/C=C\C/C=C\CCCCCCCCC(=O)OC(COC(=O)CCCCCCCCCCCC/C=C\C/C=C\C/C=C\C/C=C\C/C=C\C/C=C\C/C=C\C/C=C\CC)COP(=O)([O-])OCC[N+](C)(C)C. The van der Waals surface area contributed by atoms with Crippen molar-refractivity contribution in [3.8, 4) is 0 Å². The number of esters is 2. The van der Waals surface area contributed by atoms with Gasteiger partial charge in [0.2, 0.25) is 0 Å². The first-order valence-electron chi connectivity index (χ1n) is 37.4. The summed E-state index contributed by atoms with van der Waals surface area (Å²) in [7, 11) is 1.12. The van der Waals surface area contributed by atoms with Crippen molar-refractivity contribution in [3.05, 3.63) is 219 Å². The lowest BCUT2D eigenvalue weighted by Crippen LogP contribution is -2.37. The molecule has 0 heterocycles. The Morgan fingerprint density at radius 1 is 0.323 bits per heavy atom. The molecule has 2 unspecified atom stereocenters. The van der Waals surface area contributed by atoms with Gasteiger partial charge in [-0.15, -0.1) is 0 Å². The molecule has 0 aromatic rings. The van der Waals surface area contributed by atoms with Crippen LogP contribution in [0.1, 0.15) is 258 Å². The fourth-order valence-corrected chi connectivity index (χ4v) is 10.1. The number of phosphoric acid groups is 1. The normalized spacial score (nSPS) is 14.4. The molecule has 0 fully saturated rings. The van der Waals surface area contributed by atoms with E-state index in [0.29, 0.717) is 23.9 Å². The lowest BCUT2D eigenvalue weighted by atomic mass is 10.1. The molecule has 0 aliphatic rings. The number of likely N-dealkylation sites (N-methyl/N-ethyl adjacent to an activating group) is 1. The van der Waals surface area contributed by atoms with Gasteiger partial charge in [-0.05, 0) is 154 Å². The molecular weight excluding hydrogens is 1210 g/mol. The van der Waals surface area contributed by atoms with E-state index in [2.05, 4.69) is 233 Å². The molecule has 96 heavy (non-hydrogen) atoms. The number of quaternary nitrogens is 1. The van der Waals surface area contributed by atoms with Gasteiger partial charge in [-0.1, -0.05) is 310 Å². The van der Waals surface area contributed by atoms with Crippen LogP contribution in [-0.4, -0.2) is 70.0 Å². The molecule has 0 aromatic carbocycles. The van der Waals surface area contributed by atoms with Crippen LogP contribution in [0.3, 0.4) is 0 Å². The molecular formula is C86H136NO8P. The Labute approximate surface area is 588 Å². The predicted octanol–water partition coefficient (Wildman–Crippen LogP) is 24.5. The first kappa shape index (κ1) is 90.3. The van der Waals surface area contributed by atoms with Gasteiger partial charge in [0.25, 0.3) is 7.82 Å². The minimum absolute atomic E-state index is 0.0465. The molecule has 0 spiro atoms. The van der Waals surface area contributed by atoms with Crippen molar-refractivity contribution < 1.29 is 42.1 Å². The van der Waals surface area contributed by atoms with Gasteiger partial charge in [0.15, 0.2) is 6.10 Å². The Morgan fingerprint density at radius 2 is 0.562 bits per heavy atom. The Hall–Kier alpha value is -5.67. The quantitative estimate of drug-likeness (QED) is 0.0195. The van der Waals surface area contributed by atoms with Crippen LogP contribution in [0.15, 0.2) is 219 Å². The molecule has 2 atom stereocenters. The second-order valence-electron chi connectivity index (χ2n) is 25.2. The molecule has 0 saturated heterocycles. The predicted molar refractivity (Wildman–Crippen MR) is 415 cm³/mol. The average Bonchev–Trinajstić information content (AvgIpc) is 2.72. The summed E-state index contributed by atoms with van der Waals surface area (Å²) in [6.07, 6.45) is 117. The van der Waals surface area contributed by atoms with Crippen LogP contribution in [0.2, 0.25) is 0 Å². The topological polar surface area (TPSA) is 111 Å². The van der Waals surface area contributed by atoms with Crippen LogP contribution in [0.5, 0.6) is 0 Å². The number of rotatable bonds is 66. The number of carbonyl (C=O) groups is 2. The summed E-state index contributed by atoms with van der Waals surface area (Å²) >= 11 is 0. The summed E-state index contributed by atoms with van der Waals surface area (Å²) in [5.74, 6) is -0.870. The number of phosphoric ester groups is 1. The van der Waals surface area contributed by atoms with Crippen molar-refractivity contribution in [1.29, 1.82) is 0 Å². The van der Waals surface area contributed by atoms with Crippen LogP contribution >= 0.6 is 7.82 Å². The van der Waals surface area contributed by atoms with Gasteiger partial charge < -0.3 is 27.9 Å². The van der Waals surface area contributed by atoms with Crippen molar-refractivity contribution in [2.75, 3.05) is 47.5 Å². The van der Waals surface area contributed by atoms with Crippen molar-refractivity contribution in [2.45, 2.75) is 264 Å². The third kappa shape index (κ3) is 77.3. The van der Waals surface area contributed by atoms with E-state index in [1.165, 1.54) is 38.5 Å². The number of ether oxygens (including phenoxy) is 2. The number of nitrogens with zero attached hydrogens (tertiary/aromatic N) is 1. The summed E-state index contributed by atoms with van der Waals surface area (Å²) in [6, 6.07) is 0. The zero-order valence-corrected chi connectivity index (χ0v) is 62.1. The second kappa shape index (κ2) is 73.6. The molecule has 538 valence electrons. The molecule has 0 saturated carbocycles. The molecule has 0 amide bonds. The molecule has 0 radical (unpaired) electrons. The number of carbonyl (C=O) groups excluding carboxylic acids is 2. The van der Waals surface area contributed by atoms with Gasteiger partial charge in [0, 0.05) is 12.8 Å². The largest absolute Gasteiger partial charge is 0.756 e. The van der Waals surface area contributed by atoms with Gasteiger partial charge >= 0.3 is 11.9 Å². The first-order valence-corrected chi connectivity index (χ1v) is 38.9. The summed E-state index contributed by atoms with van der Waals surface area (Å²) in [5.41, 5.74) is 0. The molecule has 0 aromatic heterocycles. The molecule has 0 bridgehead atoms. The van der Waals surface area contributed by atoms with E-state index in [1.807, 2.05) is 21.1 Å². The van der Waals surface area contributed by atoms with E-state index in [9.17, 15) is 19.0 Å². The van der Waals surface area contributed by atoms with Crippen LogP contribution in [0, 0.1) is 0 Å². The third-order valence-electron chi connectivity index (χ3n) is 15.0. The summed E-state index contributed by atoms with van der Waals surface area (Å²) in [6.45, 7) is 3.97. The van der Waals surface area contributed by atoms with Crippen LogP contribution in [-0.2, 0) is 32.7 Å². The van der Waals surface area contributed by atoms with Gasteiger partial charge in [-0.2, -0.15) is 0 Å². The third-order valence-corrected chi connectivity index (χ3v) is 16.0. The Morgan fingerprint density at radius 3 is 0.833 bits per heavy atom. The Balaban J connectivity index is 4.17. The maximum absolute atomic E-state index is 12.9. The van der Waals surface area contributed by atoms with Gasteiger partial charge in [0.05, 0.1) is 27.7 Å². The number of unbranched alkanes of at least 4 members (excludes halogenated alkanes) is 16. The van der Waals surface area contributed by atoms with Crippen molar-refractivity contribution in [3.63, 3.8) is 0 Å². The lowest BCUT2D eigenvalue weighted by molar-refractivity contribution is -0.870. The fraction of sp³-hybridized carbons (Fsp3) is 0.558. The highest BCUT2D eigenvalue weighted by molar-refractivity contribution is 7.45. The van der Waals surface area contributed by atoms with E-state index in [-0.39, 0.29) is 26.1 Å². The zero-order valence-electron chi connectivity index (χ0n) is 61.2. The maximum Gasteiger partial charge on any atom is 0.306 e. The van der Waals surface area contributed by atoms with Crippen LogP contribution in [0.25, 0.3) is 0 Å². The van der Waals surface area contributed by atoms with Gasteiger partial charge in [0.1, 0.15) is 19.8 Å². The molecule has 9 nitrogen and oxygen atoms in total. The number of allylic oxidation sites excluding steroid dienone is 36. The monoisotopic (exact) mass is 1340 g/mol. The zero-order chi connectivity index (χ0) is 69.7. The highest BCUT2D eigenvalue weighted by atomic mass is 31.2. The smallest absolute Gasteiger partial charge is 0.306 e. The average molecular weight is 1340 g/mol. The van der Waals surface area contributed by atoms with Crippen LogP contribution in [0.4, 0.5) is 0 Å². The van der Waals surface area contributed by atoms with Gasteiger partial charge in [-0.3, -0.25) is 14.2 Å². The molecule has 0 rings (SSSR count).